The van der Waals surface area contributed by atoms with Gasteiger partial charge in [0.05, 0.1) is 11.0 Å². The fourth-order valence-electron chi connectivity index (χ4n) is 6.06. The normalized spacial score (nSPS) is 29.3. The quantitative estimate of drug-likeness (QED) is 0.758. The molecule has 0 spiro atoms. The predicted molar refractivity (Wildman–Crippen MR) is 109 cm³/mol. The molecule has 5 nitrogen and oxygen atoms in total. The molecule has 5 heteroatoms. The molecule has 0 heterocycles. The van der Waals surface area contributed by atoms with Gasteiger partial charge in [-0.25, -0.2) is 0 Å². The summed E-state index contributed by atoms with van der Waals surface area (Å²) in [6, 6.07) is 16.4. The van der Waals surface area contributed by atoms with E-state index >= 15 is 0 Å². The van der Waals surface area contributed by atoms with E-state index in [2.05, 4.69) is 10.9 Å². The first-order valence-electron chi connectivity index (χ1n) is 10.5. The second-order valence-corrected chi connectivity index (χ2v) is 9.02. The second-order valence-electron chi connectivity index (χ2n) is 9.02. The third kappa shape index (κ3) is 3.50. The van der Waals surface area contributed by atoms with Crippen LogP contribution in [-0.2, 0) is 4.79 Å². The average molecular weight is 390 g/mol. The van der Waals surface area contributed by atoms with Gasteiger partial charge in [-0.1, -0.05) is 30.3 Å². The zero-order valence-corrected chi connectivity index (χ0v) is 16.4. The molecule has 2 N–H and O–H groups in total. The van der Waals surface area contributed by atoms with Gasteiger partial charge in [-0.2, -0.15) is 0 Å². The first kappa shape index (κ1) is 18.2. The summed E-state index contributed by atoms with van der Waals surface area (Å²) in [5.41, 5.74) is 5.47. The SMILES string of the molecule is O=C(NNC(=O)C12CC3CC(CC(C3)C1)C2)c1ccccc1Oc1ccccc1. The lowest BCUT2D eigenvalue weighted by Gasteiger charge is -2.55. The van der Waals surface area contributed by atoms with E-state index < -0.39 is 0 Å². The third-order valence-electron chi connectivity index (χ3n) is 6.91. The molecule has 0 radical (unpaired) electrons. The van der Waals surface area contributed by atoms with Crippen molar-refractivity contribution in [1.82, 2.24) is 10.9 Å². The van der Waals surface area contributed by atoms with Crippen LogP contribution in [0.2, 0.25) is 0 Å². The summed E-state index contributed by atoms with van der Waals surface area (Å²) in [7, 11) is 0. The topological polar surface area (TPSA) is 67.4 Å². The highest BCUT2D eigenvalue weighted by Crippen LogP contribution is 2.60. The summed E-state index contributed by atoms with van der Waals surface area (Å²) in [4.78, 5) is 25.8. The van der Waals surface area contributed by atoms with E-state index in [0.29, 0.717) is 34.8 Å². The Bertz CT molecular complexity index is 889. The van der Waals surface area contributed by atoms with E-state index in [-0.39, 0.29) is 17.2 Å². The highest BCUT2D eigenvalue weighted by atomic mass is 16.5. The van der Waals surface area contributed by atoms with Crippen molar-refractivity contribution < 1.29 is 14.3 Å². The monoisotopic (exact) mass is 390 g/mol. The zero-order valence-electron chi connectivity index (χ0n) is 16.4. The number of hydrogen-bond acceptors (Lipinski definition) is 3. The second kappa shape index (κ2) is 7.21. The minimum absolute atomic E-state index is 0.0218. The number of hydrogen-bond donors (Lipinski definition) is 2. The molecule has 0 atom stereocenters. The van der Waals surface area contributed by atoms with Crippen molar-refractivity contribution in [3.8, 4) is 11.5 Å². The van der Waals surface area contributed by atoms with Crippen molar-refractivity contribution in [3.05, 3.63) is 60.2 Å². The highest BCUT2D eigenvalue weighted by Gasteiger charge is 2.54. The van der Waals surface area contributed by atoms with Gasteiger partial charge in [-0.15, -0.1) is 0 Å². The average Bonchev–Trinajstić information content (AvgIpc) is 2.72. The van der Waals surface area contributed by atoms with Crippen LogP contribution in [0, 0.1) is 23.2 Å². The molecule has 29 heavy (non-hydrogen) atoms. The number of carbonyl (C=O) groups excluding carboxylic acids is 2. The number of amides is 2. The summed E-state index contributed by atoms with van der Waals surface area (Å²) >= 11 is 0. The van der Waals surface area contributed by atoms with Crippen LogP contribution in [0.3, 0.4) is 0 Å². The fourth-order valence-corrected chi connectivity index (χ4v) is 6.06. The lowest BCUT2D eigenvalue weighted by Crippen LogP contribution is -2.56. The minimum Gasteiger partial charge on any atom is -0.457 e. The molecule has 2 aromatic carbocycles. The molecule has 0 aliphatic heterocycles. The molecule has 4 fully saturated rings. The van der Waals surface area contributed by atoms with Crippen molar-refractivity contribution in [3.63, 3.8) is 0 Å². The Morgan fingerprint density at radius 1 is 0.793 bits per heavy atom. The first-order chi connectivity index (χ1) is 14.1. The van der Waals surface area contributed by atoms with E-state index in [0.717, 1.165) is 19.3 Å². The molecule has 6 rings (SSSR count). The number of nitrogens with one attached hydrogen (secondary N) is 2. The van der Waals surface area contributed by atoms with Gasteiger partial charge in [0, 0.05) is 0 Å². The molecule has 2 amide bonds. The van der Waals surface area contributed by atoms with Gasteiger partial charge >= 0.3 is 0 Å². The Kier molecular flexibility index (Phi) is 4.53. The van der Waals surface area contributed by atoms with Gasteiger partial charge in [0.2, 0.25) is 5.91 Å². The van der Waals surface area contributed by atoms with Gasteiger partial charge in [0.25, 0.3) is 5.91 Å². The van der Waals surface area contributed by atoms with Crippen LogP contribution in [0.25, 0.3) is 0 Å². The van der Waals surface area contributed by atoms with Crippen molar-refractivity contribution in [2.24, 2.45) is 23.2 Å². The van der Waals surface area contributed by atoms with E-state index in [1.807, 2.05) is 36.4 Å². The van der Waals surface area contributed by atoms with Gasteiger partial charge in [-0.05, 0) is 80.5 Å². The molecule has 4 bridgehead atoms. The first-order valence-corrected chi connectivity index (χ1v) is 10.5. The van der Waals surface area contributed by atoms with Crippen LogP contribution in [0.1, 0.15) is 48.9 Å². The molecule has 4 aliphatic rings. The van der Waals surface area contributed by atoms with Crippen molar-refractivity contribution in [2.75, 3.05) is 0 Å². The Labute approximate surface area is 170 Å². The van der Waals surface area contributed by atoms with Crippen LogP contribution >= 0.6 is 0 Å². The number of rotatable bonds is 4. The lowest BCUT2D eigenvalue weighted by atomic mass is 9.49. The van der Waals surface area contributed by atoms with Gasteiger partial charge in [0.1, 0.15) is 11.5 Å². The van der Waals surface area contributed by atoms with E-state index in [1.165, 1.54) is 19.3 Å². The van der Waals surface area contributed by atoms with Crippen LogP contribution < -0.4 is 15.6 Å². The smallest absolute Gasteiger partial charge is 0.273 e. The predicted octanol–water partition coefficient (Wildman–Crippen LogP) is 4.46. The van der Waals surface area contributed by atoms with E-state index in [9.17, 15) is 9.59 Å². The number of benzene rings is 2. The molecule has 150 valence electrons. The molecule has 0 aromatic heterocycles. The summed E-state index contributed by atoms with van der Waals surface area (Å²) in [6.45, 7) is 0. The maximum atomic E-state index is 13.1. The Balaban J connectivity index is 1.26. The van der Waals surface area contributed by atoms with Crippen LogP contribution in [0.15, 0.2) is 54.6 Å². The van der Waals surface area contributed by atoms with Gasteiger partial charge in [-0.3, -0.25) is 20.4 Å². The van der Waals surface area contributed by atoms with E-state index in [1.54, 1.807) is 18.2 Å². The molecular weight excluding hydrogens is 364 g/mol. The maximum Gasteiger partial charge on any atom is 0.273 e. The molecule has 0 saturated heterocycles. The summed E-state index contributed by atoms with van der Waals surface area (Å²) in [6.07, 6.45) is 6.74. The number of para-hydroxylation sites is 2. The van der Waals surface area contributed by atoms with Crippen LogP contribution in [0.4, 0.5) is 0 Å². The summed E-state index contributed by atoms with van der Waals surface area (Å²) in [5, 5.41) is 0. The van der Waals surface area contributed by atoms with E-state index in [4.69, 9.17) is 4.74 Å². The minimum atomic E-state index is -0.366. The molecule has 4 saturated carbocycles. The van der Waals surface area contributed by atoms with Crippen LogP contribution in [0.5, 0.6) is 11.5 Å². The number of ether oxygens (including phenoxy) is 1. The van der Waals surface area contributed by atoms with Gasteiger partial charge in [0.15, 0.2) is 0 Å². The van der Waals surface area contributed by atoms with Gasteiger partial charge < -0.3 is 4.74 Å². The van der Waals surface area contributed by atoms with Crippen molar-refractivity contribution in [1.29, 1.82) is 0 Å². The molecule has 4 aliphatic carbocycles. The molecule has 2 aromatic rings. The third-order valence-corrected chi connectivity index (χ3v) is 6.91. The van der Waals surface area contributed by atoms with Crippen molar-refractivity contribution in [2.45, 2.75) is 38.5 Å². The molecule has 0 unspecified atom stereocenters. The number of carbonyl (C=O) groups is 2. The lowest BCUT2D eigenvalue weighted by molar-refractivity contribution is -0.147. The van der Waals surface area contributed by atoms with Crippen molar-refractivity contribution >= 4 is 11.8 Å². The fraction of sp³-hybridized carbons (Fsp3) is 0.417. The standard InChI is InChI=1S/C24H26N2O3/c27-22(20-8-4-5-9-21(20)29-19-6-2-1-3-7-19)25-26-23(28)24-13-16-10-17(14-24)12-18(11-16)15-24/h1-9,16-18H,10-15H2,(H,25,27)(H,26,28). The summed E-state index contributed by atoms with van der Waals surface area (Å²) < 4.78 is 5.86. The molecular formula is C24H26N2O3. The maximum absolute atomic E-state index is 13.1. The Morgan fingerprint density at radius 2 is 1.38 bits per heavy atom. The largest absolute Gasteiger partial charge is 0.457 e. The van der Waals surface area contributed by atoms with Crippen LogP contribution in [-0.4, -0.2) is 11.8 Å². The zero-order chi connectivity index (χ0) is 19.8. The number of hydrazine groups is 1. The highest BCUT2D eigenvalue weighted by molar-refractivity contribution is 5.98. The Hall–Kier alpha value is -2.82. The summed E-state index contributed by atoms with van der Waals surface area (Å²) in [5.74, 6) is 2.78. The Morgan fingerprint density at radius 3 is 2.03 bits per heavy atom.